The number of carbonyl (C=O) groups excluding carboxylic acids is 2. The zero-order valence-corrected chi connectivity index (χ0v) is 17.9. The first kappa shape index (κ1) is 21.9. The van der Waals surface area contributed by atoms with Crippen molar-refractivity contribution >= 4 is 18.0 Å². The number of benzene rings is 2. The standard InChI is InChI=1S/C25H28N2O5/c28-23(27-17-12-16(13-17)14-24(29)30)10-5-11-26-25(31)32-15-22-20-8-3-1-6-18(20)19-7-2-4-9-21(19)22/h1-4,6-9,16-17,22H,5,10-15H2,(H,26,31)(H,27,28)(H,29,30). The highest BCUT2D eigenvalue weighted by molar-refractivity contribution is 5.79. The molecule has 32 heavy (non-hydrogen) atoms. The molecule has 0 atom stereocenters. The third kappa shape index (κ3) is 5.10. The number of hydrogen-bond donors (Lipinski definition) is 3. The first-order chi connectivity index (χ1) is 15.5. The van der Waals surface area contributed by atoms with Crippen molar-refractivity contribution in [2.75, 3.05) is 13.2 Å². The molecule has 2 aliphatic rings. The lowest BCUT2D eigenvalue weighted by molar-refractivity contribution is -0.139. The Hall–Kier alpha value is -3.35. The normalized spacial score (nSPS) is 18.8. The highest BCUT2D eigenvalue weighted by atomic mass is 16.5. The predicted molar refractivity (Wildman–Crippen MR) is 119 cm³/mol. The van der Waals surface area contributed by atoms with Crippen LogP contribution in [0, 0.1) is 5.92 Å². The number of fused-ring (bicyclic) bond motifs is 3. The van der Waals surface area contributed by atoms with Crippen molar-refractivity contribution in [3.8, 4) is 11.1 Å². The van der Waals surface area contributed by atoms with E-state index in [-0.39, 0.29) is 36.8 Å². The van der Waals surface area contributed by atoms with Crippen molar-refractivity contribution in [2.45, 2.75) is 44.1 Å². The monoisotopic (exact) mass is 436 g/mol. The molecule has 0 radical (unpaired) electrons. The summed E-state index contributed by atoms with van der Waals surface area (Å²) in [6, 6.07) is 16.4. The fourth-order valence-electron chi connectivity index (χ4n) is 4.66. The summed E-state index contributed by atoms with van der Waals surface area (Å²) in [5.41, 5.74) is 4.70. The van der Waals surface area contributed by atoms with Crippen LogP contribution in [0.2, 0.25) is 0 Å². The number of carboxylic acid groups (broad SMARTS) is 1. The molecule has 4 rings (SSSR count). The van der Waals surface area contributed by atoms with E-state index in [1.54, 1.807) is 0 Å². The molecule has 2 aromatic rings. The van der Waals surface area contributed by atoms with Crippen LogP contribution in [0.3, 0.4) is 0 Å². The van der Waals surface area contributed by atoms with E-state index >= 15 is 0 Å². The van der Waals surface area contributed by atoms with Gasteiger partial charge in [0.25, 0.3) is 0 Å². The molecule has 0 unspecified atom stereocenters. The molecule has 168 valence electrons. The fourth-order valence-corrected chi connectivity index (χ4v) is 4.66. The third-order valence-electron chi connectivity index (χ3n) is 6.26. The summed E-state index contributed by atoms with van der Waals surface area (Å²) in [6.07, 6.45) is 1.94. The van der Waals surface area contributed by atoms with E-state index in [1.807, 2.05) is 24.3 Å². The molecule has 2 amide bonds. The molecule has 0 heterocycles. The van der Waals surface area contributed by atoms with E-state index in [1.165, 1.54) is 22.3 Å². The zero-order valence-electron chi connectivity index (χ0n) is 17.9. The SMILES string of the molecule is O=C(O)CC1CC(NC(=O)CCCNC(=O)OCC2c3ccccc3-c3ccccc32)C1. The van der Waals surface area contributed by atoms with E-state index in [4.69, 9.17) is 9.84 Å². The Kier molecular flexibility index (Phi) is 6.73. The highest BCUT2D eigenvalue weighted by Gasteiger charge is 2.31. The Morgan fingerprint density at radius 1 is 0.969 bits per heavy atom. The van der Waals surface area contributed by atoms with Crippen LogP contribution >= 0.6 is 0 Å². The minimum atomic E-state index is -0.793. The van der Waals surface area contributed by atoms with Crippen molar-refractivity contribution in [1.82, 2.24) is 10.6 Å². The van der Waals surface area contributed by atoms with E-state index in [0.29, 0.717) is 19.4 Å². The van der Waals surface area contributed by atoms with Crippen LogP contribution in [-0.4, -0.2) is 42.3 Å². The maximum absolute atomic E-state index is 12.1. The molecule has 0 spiro atoms. The van der Waals surface area contributed by atoms with Crippen LogP contribution in [0.25, 0.3) is 11.1 Å². The number of carboxylic acids is 1. The Balaban J connectivity index is 1.15. The number of carbonyl (C=O) groups is 3. The van der Waals surface area contributed by atoms with Gasteiger partial charge in [-0.2, -0.15) is 0 Å². The molecule has 0 saturated heterocycles. The number of hydrogen-bond acceptors (Lipinski definition) is 4. The average Bonchev–Trinajstić information content (AvgIpc) is 3.07. The van der Waals surface area contributed by atoms with Crippen LogP contribution < -0.4 is 10.6 Å². The molecule has 0 aliphatic heterocycles. The van der Waals surface area contributed by atoms with Crippen LogP contribution in [0.1, 0.15) is 49.1 Å². The van der Waals surface area contributed by atoms with Crippen molar-refractivity contribution in [2.24, 2.45) is 5.92 Å². The minimum absolute atomic E-state index is 0.0198. The molecular formula is C25H28N2O5. The topological polar surface area (TPSA) is 105 Å². The lowest BCUT2D eigenvalue weighted by Crippen LogP contribution is -2.44. The summed E-state index contributed by atoms with van der Waals surface area (Å²) in [4.78, 5) is 34.8. The van der Waals surface area contributed by atoms with Gasteiger partial charge < -0.3 is 20.5 Å². The number of alkyl carbamates (subject to hydrolysis) is 1. The summed E-state index contributed by atoms with van der Waals surface area (Å²) in [5.74, 6) is -0.684. The molecule has 0 bridgehead atoms. The van der Waals surface area contributed by atoms with Crippen LogP contribution in [0.5, 0.6) is 0 Å². The van der Waals surface area contributed by atoms with Gasteiger partial charge in [0, 0.05) is 31.3 Å². The lowest BCUT2D eigenvalue weighted by Gasteiger charge is -2.34. The van der Waals surface area contributed by atoms with Gasteiger partial charge in [-0.1, -0.05) is 48.5 Å². The molecule has 7 heteroatoms. The van der Waals surface area contributed by atoms with Crippen LogP contribution in [0.15, 0.2) is 48.5 Å². The molecule has 1 saturated carbocycles. The highest BCUT2D eigenvalue weighted by Crippen LogP contribution is 2.44. The van der Waals surface area contributed by atoms with Gasteiger partial charge in [0.05, 0.1) is 0 Å². The first-order valence-electron chi connectivity index (χ1n) is 11.1. The second kappa shape index (κ2) is 9.85. The largest absolute Gasteiger partial charge is 0.481 e. The minimum Gasteiger partial charge on any atom is -0.481 e. The fraction of sp³-hybridized carbons (Fsp3) is 0.400. The van der Waals surface area contributed by atoms with E-state index in [9.17, 15) is 14.4 Å². The third-order valence-corrected chi connectivity index (χ3v) is 6.26. The van der Waals surface area contributed by atoms with Gasteiger partial charge in [0.15, 0.2) is 0 Å². The molecule has 0 aromatic heterocycles. The zero-order chi connectivity index (χ0) is 22.5. The number of rotatable bonds is 9. The van der Waals surface area contributed by atoms with Crippen molar-refractivity contribution in [1.29, 1.82) is 0 Å². The molecular weight excluding hydrogens is 408 g/mol. The van der Waals surface area contributed by atoms with Gasteiger partial charge in [-0.3, -0.25) is 9.59 Å². The van der Waals surface area contributed by atoms with Gasteiger partial charge in [0.1, 0.15) is 6.61 Å². The number of nitrogens with one attached hydrogen (secondary N) is 2. The smallest absolute Gasteiger partial charge is 0.407 e. The Labute approximate surface area is 187 Å². The average molecular weight is 437 g/mol. The Morgan fingerprint density at radius 2 is 1.59 bits per heavy atom. The molecule has 1 fully saturated rings. The number of aliphatic carboxylic acids is 1. The maximum atomic E-state index is 12.1. The molecule has 7 nitrogen and oxygen atoms in total. The summed E-state index contributed by atoms with van der Waals surface area (Å²) in [7, 11) is 0. The quantitative estimate of drug-likeness (QED) is 0.520. The maximum Gasteiger partial charge on any atom is 0.407 e. The van der Waals surface area contributed by atoms with Crippen LogP contribution in [-0.2, 0) is 14.3 Å². The summed E-state index contributed by atoms with van der Waals surface area (Å²) in [5, 5.41) is 14.4. The van der Waals surface area contributed by atoms with Crippen LogP contribution in [0.4, 0.5) is 4.79 Å². The second-order valence-corrected chi connectivity index (χ2v) is 8.56. The van der Waals surface area contributed by atoms with E-state index in [0.717, 1.165) is 12.8 Å². The van der Waals surface area contributed by atoms with Crippen molar-refractivity contribution < 1.29 is 24.2 Å². The first-order valence-corrected chi connectivity index (χ1v) is 11.1. The lowest BCUT2D eigenvalue weighted by atomic mass is 9.78. The predicted octanol–water partition coefficient (Wildman–Crippen LogP) is 3.67. The van der Waals surface area contributed by atoms with Gasteiger partial charge in [-0.05, 0) is 47.4 Å². The van der Waals surface area contributed by atoms with Gasteiger partial charge in [-0.15, -0.1) is 0 Å². The second-order valence-electron chi connectivity index (χ2n) is 8.56. The number of ether oxygens (including phenoxy) is 1. The van der Waals surface area contributed by atoms with Crippen molar-refractivity contribution in [3.63, 3.8) is 0 Å². The van der Waals surface area contributed by atoms with E-state index in [2.05, 4.69) is 34.9 Å². The van der Waals surface area contributed by atoms with E-state index < -0.39 is 12.1 Å². The van der Waals surface area contributed by atoms with Gasteiger partial charge >= 0.3 is 12.1 Å². The summed E-state index contributed by atoms with van der Waals surface area (Å²) in [6.45, 7) is 0.621. The van der Waals surface area contributed by atoms with Crippen molar-refractivity contribution in [3.05, 3.63) is 59.7 Å². The summed E-state index contributed by atoms with van der Waals surface area (Å²) < 4.78 is 5.48. The molecule has 3 N–H and O–H groups in total. The molecule has 2 aromatic carbocycles. The van der Waals surface area contributed by atoms with Gasteiger partial charge in [0.2, 0.25) is 5.91 Å². The Bertz CT molecular complexity index is 954. The Morgan fingerprint density at radius 3 is 2.22 bits per heavy atom. The summed E-state index contributed by atoms with van der Waals surface area (Å²) >= 11 is 0. The van der Waals surface area contributed by atoms with Gasteiger partial charge in [-0.25, -0.2) is 4.79 Å². The molecule has 2 aliphatic carbocycles. The number of amides is 2.